The first-order valence-electron chi connectivity index (χ1n) is 6.99. The molecule has 0 spiro atoms. The average Bonchev–Trinajstić information content (AvgIpc) is 2.55. The Bertz CT molecular complexity index is 445. The SMILES string of the molecule is CN(CCC(F)(F)F)C1CCCc2ccccc2C1N. The predicted octanol–water partition coefficient (Wildman–Crippen LogP) is 3.28. The lowest BCUT2D eigenvalue weighted by molar-refractivity contribution is -0.138. The maximum Gasteiger partial charge on any atom is 0.390 e. The van der Waals surface area contributed by atoms with Gasteiger partial charge in [0, 0.05) is 18.6 Å². The summed E-state index contributed by atoms with van der Waals surface area (Å²) in [7, 11) is 1.74. The first-order valence-corrected chi connectivity index (χ1v) is 6.99. The van der Waals surface area contributed by atoms with Crippen molar-refractivity contribution in [2.24, 2.45) is 5.73 Å². The molecule has 0 saturated carbocycles. The monoisotopic (exact) mass is 286 g/mol. The number of fused-ring (bicyclic) bond motifs is 1. The molecule has 112 valence electrons. The molecule has 2 nitrogen and oxygen atoms in total. The molecular formula is C15H21F3N2. The summed E-state index contributed by atoms with van der Waals surface area (Å²) < 4.78 is 37.0. The van der Waals surface area contributed by atoms with Gasteiger partial charge in [-0.1, -0.05) is 24.3 Å². The summed E-state index contributed by atoms with van der Waals surface area (Å²) in [6, 6.07) is 7.74. The summed E-state index contributed by atoms with van der Waals surface area (Å²) in [5.74, 6) is 0. The molecule has 2 unspecified atom stereocenters. The summed E-state index contributed by atoms with van der Waals surface area (Å²) in [4.78, 5) is 1.76. The quantitative estimate of drug-likeness (QED) is 0.864. The molecule has 0 aromatic heterocycles. The standard InChI is InChI=1S/C15H21F3N2/c1-20(10-9-15(16,17)18)13-8-4-6-11-5-2-3-7-12(11)14(13)19/h2-3,5,7,13-14H,4,6,8-10,19H2,1H3. The molecule has 1 aliphatic carbocycles. The van der Waals surface area contributed by atoms with E-state index in [9.17, 15) is 13.2 Å². The third-order valence-corrected chi connectivity index (χ3v) is 4.09. The normalized spacial score (nSPS) is 23.5. The number of hydrogen-bond donors (Lipinski definition) is 1. The van der Waals surface area contributed by atoms with Crippen LogP contribution in [0.2, 0.25) is 0 Å². The van der Waals surface area contributed by atoms with Crippen LogP contribution in [0.15, 0.2) is 24.3 Å². The van der Waals surface area contributed by atoms with E-state index in [1.54, 1.807) is 11.9 Å². The minimum Gasteiger partial charge on any atom is -0.323 e. The van der Waals surface area contributed by atoms with Crippen LogP contribution in [0.5, 0.6) is 0 Å². The van der Waals surface area contributed by atoms with Crippen molar-refractivity contribution in [1.29, 1.82) is 0 Å². The first kappa shape index (κ1) is 15.3. The number of hydrogen-bond acceptors (Lipinski definition) is 2. The number of likely N-dealkylation sites (N-methyl/N-ethyl adjacent to an activating group) is 1. The van der Waals surface area contributed by atoms with Crippen LogP contribution in [0.1, 0.15) is 36.4 Å². The molecule has 0 radical (unpaired) electrons. The van der Waals surface area contributed by atoms with Crippen LogP contribution >= 0.6 is 0 Å². The second kappa shape index (κ2) is 6.14. The van der Waals surface area contributed by atoms with E-state index in [4.69, 9.17) is 5.73 Å². The minimum atomic E-state index is -4.11. The van der Waals surface area contributed by atoms with Crippen molar-refractivity contribution in [3.05, 3.63) is 35.4 Å². The van der Waals surface area contributed by atoms with Gasteiger partial charge in [-0.05, 0) is 37.4 Å². The number of nitrogens with zero attached hydrogens (tertiary/aromatic N) is 1. The zero-order chi connectivity index (χ0) is 14.8. The van der Waals surface area contributed by atoms with Gasteiger partial charge in [0.2, 0.25) is 0 Å². The fourth-order valence-electron chi connectivity index (χ4n) is 2.94. The Morgan fingerprint density at radius 2 is 2.00 bits per heavy atom. The lowest BCUT2D eigenvalue weighted by Gasteiger charge is -2.32. The highest BCUT2D eigenvalue weighted by molar-refractivity contribution is 5.32. The van der Waals surface area contributed by atoms with Gasteiger partial charge in [-0.15, -0.1) is 0 Å². The van der Waals surface area contributed by atoms with Gasteiger partial charge in [0.25, 0.3) is 0 Å². The highest BCUT2D eigenvalue weighted by Crippen LogP contribution is 2.30. The highest BCUT2D eigenvalue weighted by Gasteiger charge is 2.31. The van der Waals surface area contributed by atoms with Crippen molar-refractivity contribution >= 4 is 0 Å². The second-order valence-corrected chi connectivity index (χ2v) is 5.53. The van der Waals surface area contributed by atoms with E-state index < -0.39 is 12.6 Å². The zero-order valence-electron chi connectivity index (χ0n) is 11.7. The molecule has 1 aromatic rings. The summed E-state index contributed by atoms with van der Waals surface area (Å²) in [5, 5.41) is 0. The maximum absolute atomic E-state index is 12.3. The van der Waals surface area contributed by atoms with Crippen LogP contribution in [0.3, 0.4) is 0 Å². The number of aryl methyl sites for hydroxylation is 1. The Morgan fingerprint density at radius 3 is 2.70 bits per heavy atom. The largest absolute Gasteiger partial charge is 0.390 e. The molecule has 0 fully saturated rings. The van der Waals surface area contributed by atoms with Gasteiger partial charge in [0.1, 0.15) is 0 Å². The molecule has 0 heterocycles. The van der Waals surface area contributed by atoms with Crippen molar-refractivity contribution in [1.82, 2.24) is 4.90 Å². The number of benzene rings is 1. The Balaban J connectivity index is 2.09. The minimum absolute atomic E-state index is 0.00400. The molecule has 0 aliphatic heterocycles. The third-order valence-electron chi connectivity index (χ3n) is 4.09. The van der Waals surface area contributed by atoms with Crippen LogP contribution < -0.4 is 5.73 Å². The molecule has 1 aromatic carbocycles. The van der Waals surface area contributed by atoms with Crippen LogP contribution in [0.4, 0.5) is 13.2 Å². The lowest BCUT2D eigenvalue weighted by Crippen LogP contribution is -2.41. The van der Waals surface area contributed by atoms with Crippen LogP contribution in [-0.4, -0.2) is 30.7 Å². The van der Waals surface area contributed by atoms with Gasteiger partial charge in [-0.25, -0.2) is 0 Å². The molecule has 2 N–H and O–H groups in total. The summed E-state index contributed by atoms with van der Waals surface area (Å²) in [6.45, 7) is 0.00400. The molecule has 5 heteroatoms. The van der Waals surface area contributed by atoms with E-state index >= 15 is 0 Å². The van der Waals surface area contributed by atoms with E-state index in [0.29, 0.717) is 0 Å². The van der Waals surface area contributed by atoms with E-state index in [1.807, 2.05) is 18.2 Å². The van der Waals surface area contributed by atoms with Crippen LogP contribution in [0, 0.1) is 0 Å². The molecule has 0 saturated heterocycles. The predicted molar refractivity (Wildman–Crippen MR) is 73.4 cm³/mol. The van der Waals surface area contributed by atoms with Gasteiger partial charge < -0.3 is 10.6 Å². The van der Waals surface area contributed by atoms with Crippen LogP contribution in [0.25, 0.3) is 0 Å². The van der Waals surface area contributed by atoms with Crippen molar-refractivity contribution in [2.75, 3.05) is 13.6 Å². The molecule has 0 amide bonds. The van der Waals surface area contributed by atoms with Gasteiger partial charge >= 0.3 is 6.18 Å². The first-order chi connectivity index (χ1) is 9.38. The molecular weight excluding hydrogens is 265 g/mol. The van der Waals surface area contributed by atoms with Gasteiger partial charge in [-0.3, -0.25) is 0 Å². The van der Waals surface area contributed by atoms with E-state index in [2.05, 4.69) is 6.07 Å². The lowest BCUT2D eigenvalue weighted by atomic mass is 9.96. The summed E-state index contributed by atoms with van der Waals surface area (Å²) >= 11 is 0. The van der Waals surface area contributed by atoms with E-state index in [1.165, 1.54) is 5.56 Å². The van der Waals surface area contributed by atoms with Crippen molar-refractivity contribution in [3.63, 3.8) is 0 Å². The summed E-state index contributed by atoms with van der Waals surface area (Å²) in [5.41, 5.74) is 8.61. The maximum atomic E-state index is 12.3. The smallest absolute Gasteiger partial charge is 0.323 e. The number of rotatable bonds is 3. The number of alkyl halides is 3. The van der Waals surface area contributed by atoms with E-state index in [-0.39, 0.29) is 18.6 Å². The fraction of sp³-hybridized carbons (Fsp3) is 0.600. The topological polar surface area (TPSA) is 29.3 Å². The van der Waals surface area contributed by atoms with Gasteiger partial charge in [0.05, 0.1) is 6.42 Å². The third kappa shape index (κ3) is 3.73. The fourth-order valence-corrected chi connectivity index (χ4v) is 2.94. The van der Waals surface area contributed by atoms with Crippen molar-refractivity contribution in [2.45, 2.75) is 43.9 Å². The Hall–Kier alpha value is -1.07. The Morgan fingerprint density at radius 1 is 1.30 bits per heavy atom. The van der Waals surface area contributed by atoms with Crippen LogP contribution in [-0.2, 0) is 6.42 Å². The second-order valence-electron chi connectivity index (χ2n) is 5.53. The highest BCUT2D eigenvalue weighted by atomic mass is 19.4. The molecule has 2 rings (SSSR count). The van der Waals surface area contributed by atoms with Gasteiger partial charge in [0.15, 0.2) is 0 Å². The summed E-state index contributed by atoms with van der Waals surface area (Å²) in [6.07, 6.45) is -2.14. The zero-order valence-corrected chi connectivity index (χ0v) is 11.7. The average molecular weight is 286 g/mol. The molecule has 1 aliphatic rings. The number of halogens is 3. The van der Waals surface area contributed by atoms with E-state index in [0.717, 1.165) is 24.8 Å². The van der Waals surface area contributed by atoms with Gasteiger partial charge in [-0.2, -0.15) is 13.2 Å². The van der Waals surface area contributed by atoms with Crippen molar-refractivity contribution < 1.29 is 13.2 Å². The Kier molecular flexibility index (Phi) is 4.70. The molecule has 0 bridgehead atoms. The molecule has 20 heavy (non-hydrogen) atoms. The Labute approximate surface area is 117 Å². The van der Waals surface area contributed by atoms with Crippen molar-refractivity contribution in [3.8, 4) is 0 Å². The molecule has 2 atom stereocenters. The number of nitrogens with two attached hydrogens (primary N) is 1.